The van der Waals surface area contributed by atoms with Gasteiger partial charge in [0.05, 0.1) is 0 Å². The zero-order chi connectivity index (χ0) is 16.5. The Morgan fingerprint density at radius 3 is 2.48 bits per heavy atom. The van der Waals surface area contributed by atoms with Crippen LogP contribution in [0, 0.1) is 6.92 Å². The van der Waals surface area contributed by atoms with E-state index in [1.54, 1.807) is 0 Å². The zero-order valence-electron chi connectivity index (χ0n) is 13.3. The molecule has 0 bridgehead atoms. The Kier molecular flexibility index (Phi) is 6.36. The highest BCUT2D eigenvalue weighted by Gasteiger charge is 2.09. The molecule has 0 heterocycles. The van der Waals surface area contributed by atoms with Crippen molar-refractivity contribution in [2.75, 3.05) is 11.9 Å². The fraction of sp³-hybridized carbons (Fsp3) is 0.263. The van der Waals surface area contributed by atoms with E-state index in [0.717, 1.165) is 18.4 Å². The molecule has 23 heavy (non-hydrogen) atoms. The number of rotatable bonds is 7. The molecule has 0 unspecified atom stereocenters. The molecule has 0 aliphatic carbocycles. The number of benzene rings is 2. The Morgan fingerprint density at radius 2 is 1.74 bits per heavy atom. The molecule has 0 spiro atoms. The molecule has 2 amide bonds. The SMILES string of the molecule is Cc1cccc(NC(=O)CC(=O)NCCCc2ccccc2)c1. The summed E-state index contributed by atoms with van der Waals surface area (Å²) in [5.41, 5.74) is 3.03. The monoisotopic (exact) mass is 310 g/mol. The molecule has 0 saturated carbocycles. The minimum absolute atomic E-state index is 0.153. The summed E-state index contributed by atoms with van der Waals surface area (Å²) in [6, 6.07) is 17.6. The van der Waals surface area contributed by atoms with Gasteiger partial charge in [0.15, 0.2) is 0 Å². The van der Waals surface area contributed by atoms with Gasteiger partial charge >= 0.3 is 0 Å². The number of aryl methyl sites for hydroxylation is 2. The van der Waals surface area contributed by atoms with Crippen molar-refractivity contribution in [3.05, 3.63) is 65.7 Å². The summed E-state index contributed by atoms with van der Waals surface area (Å²) in [6.07, 6.45) is 1.62. The van der Waals surface area contributed by atoms with Crippen LogP contribution in [0.2, 0.25) is 0 Å². The summed E-state index contributed by atoms with van der Waals surface area (Å²) < 4.78 is 0. The first-order valence-electron chi connectivity index (χ1n) is 7.80. The minimum Gasteiger partial charge on any atom is -0.356 e. The largest absolute Gasteiger partial charge is 0.356 e. The third kappa shape index (κ3) is 6.34. The average molecular weight is 310 g/mol. The van der Waals surface area contributed by atoms with Crippen LogP contribution in [0.1, 0.15) is 24.0 Å². The van der Waals surface area contributed by atoms with E-state index in [4.69, 9.17) is 0 Å². The Bertz CT molecular complexity index is 653. The number of nitrogens with one attached hydrogen (secondary N) is 2. The van der Waals surface area contributed by atoms with E-state index < -0.39 is 0 Å². The fourth-order valence-electron chi connectivity index (χ4n) is 2.30. The van der Waals surface area contributed by atoms with Crippen LogP contribution in [0.15, 0.2) is 54.6 Å². The summed E-state index contributed by atoms with van der Waals surface area (Å²) >= 11 is 0. The van der Waals surface area contributed by atoms with Crippen LogP contribution in [-0.2, 0) is 16.0 Å². The van der Waals surface area contributed by atoms with Crippen LogP contribution in [0.5, 0.6) is 0 Å². The second kappa shape index (κ2) is 8.73. The maximum absolute atomic E-state index is 11.8. The number of carbonyl (C=O) groups is 2. The van der Waals surface area contributed by atoms with E-state index in [9.17, 15) is 9.59 Å². The molecule has 2 aromatic rings. The lowest BCUT2D eigenvalue weighted by molar-refractivity contribution is -0.126. The fourth-order valence-corrected chi connectivity index (χ4v) is 2.30. The molecule has 0 aliphatic rings. The zero-order valence-corrected chi connectivity index (χ0v) is 13.3. The van der Waals surface area contributed by atoms with Crippen molar-refractivity contribution in [3.8, 4) is 0 Å². The molecule has 0 fully saturated rings. The van der Waals surface area contributed by atoms with Crippen molar-refractivity contribution < 1.29 is 9.59 Å². The van der Waals surface area contributed by atoms with Crippen molar-refractivity contribution in [1.82, 2.24) is 5.32 Å². The first kappa shape index (κ1) is 16.7. The summed E-state index contributed by atoms with van der Waals surface area (Å²) in [4.78, 5) is 23.6. The Morgan fingerprint density at radius 1 is 0.957 bits per heavy atom. The van der Waals surface area contributed by atoms with Gasteiger partial charge in [-0.15, -0.1) is 0 Å². The maximum atomic E-state index is 11.8. The highest BCUT2D eigenvalue weighted by atomic mass is 16.2. The van der Waals surface area contributed by atoms with Gasteiger partial charge in [0.2, 0.25) is 11.8 Å². The van der Waals surface area contributed by atoms with Gasteiger partial charge in [-0.1, -0.05) is 42.5 Å². The molecule has 0 aromatic heterocycles. The molecular weight excluding hydrogens is 288 g/mol. The summed E-state index contributed by atoms with van der Waals surface area (Å²) in [7, 11) is 0. The average Bonchev–Trinajstić information content (AvgIpc) is 2.52. The maximum Gasteiger partial charge on any atom is 0.233 e. The molecule has 0 radical (unpaired) electrons. The number of hydrogen-bond acceptors (Lipinski definition) is 2. The number of anilines is 1. The predicted molar refractivity (Wildman–Crippen MR) is 92.2 cm³/mol. The van der Waals surface area contributed by atoms with E-state index in [-0.39, 0.29) is 18.2 Å². The predicted octanol–water partition coefficient (Wildman–Crippen LogP) is 3.07. The van der Waals surface area contributed by atoms with E-state index in [0.29, 0.717) is 12.2 Å². The van der Waals surface area contributed by atoms with Gasteiger partial charge in [0.25, 0.3) is 0 Å². The second-order valence-corrected chi connectivity index (χ2v) is 5.53. The van der Waals surface area contributed by atoms with Gasteiger partial charge in [0, 0.05) is 12.2 Å². The Labute approximate surface area is 136 Å². The third-order valence-corrected chi connectivity index (χ3v) is 3.43. The van der Waals surface area contributed by atoms with Crippen LogP contribution in [0.3, 0.4) is 0 Å². The molecule has 0 atom stereocenters. The van der Waals surface area contributed by atoms with Gasteiger partial charge in [0.1, 0.15) is 6.42 Å². The molecule has 0 aliphatic heterocycles. The van der Waals surface area contributed by atoms with Gasteiger partial charge in [-0.3, -0.25) is 9.59 Å². The highest BCUT2D eigenvalue weighted by Crippen LogP contribution is 2.09. The standard InChI is InChI=1S/C19H22N2O2/c1-15-7-5-11-17(13-15)21-19(23)14-18(22)20-12-6-10-16-8-3-2-4-9-16/h2-5,7-9,11,13H,6,10,12,14H2,1H3,(H,20,22)(H,21,23). The van der Waals surface area contributed by atoms with Gasteiger partial charge in [-0.2, -0.15) is 0 Å². The van der Waals surface area contributed by atoms with Crippen molar-refractivity contribution in [1.29, 1.82) is 0 Å². The number of hydrogen-bond donors (Lipinski definition) is 2. The number of carbonyl (C=O) groups excluding carboxylic acids is 2. The van der Waals surface area contributed by atoms with Gasteiger partial charge in [-0.25, -0.2) is 0 Å². The van der Waals surface area contributed by atoms with E-state index in [1.807, 2.05) is 49.4 Å². The highest BCUT2D eigenvalue weighted by molar-refractivity contribution is 6.03. The summed E-state index contributed by atoms with van der Waals surface area (Å²) in [5.74, 6) is -0.542. The van der Waals surface area contributed by atoms with Gasteiger partial charge < -0.3 is 10.6 Å². The van der Waals surface area contributed by atoms with Crippen LogP contribution >= 0.6 is 0 Å². The Balaban J connectivity index is 1.65. The molecule has 2 aromatic carbocycles. The minimum atomic E-state index is -0.295. The van der Waals surface area contributed by atoms with E-state index >= 15 is 0 Å². The summed E-state index contributed by atoms with van der Waals surface area (Å²) in [6.45, 7) is 2.53. The van der Waals surface area contributed by atoms with Gasteiger partial charge in [-0.05, 0) is 43.0 Å². The van der Waals surface area contributed by atoms with Crippen LogP contribution < -0.4 is 10.6 Å². The van der Waals surface area contributed by atoms with Crippen LogP contribution in [-0.4, -0.2) is 18.4 Å². The topological polar surface area (TPSA) is 58.2 Å². The smallest absolute Gasteiger partial charge is 0.233 e. The van der Waals surface area contributed by atoms with Crippen molar-refractivity contribution in [2.45, 2.75) is 26.2 Å². The second-order valence-electron chi connectivity index (χ2n) is 5.53. The Hall–Kier alpha value is -2.62. The lowest BCUT2D eigenvalue weighted by Crippen LogP contribution is -2.29. The lowest BCUT2D eigenvalue weighted by Gasteiger charge is -2.07. The van der Waals surface area contributed by atoms with Crippen molar-refractivity contribution in [2.24, 2.45) is 0 Å². The van der Waals surface area contributed by atoms with E-state index in [1.165, 1.54) is 5.56 Å². The molecule has 2 rings (SSSR count). The van der Waals surface area contributed by atoms with Crippen molar-refractivity contribution >= 4 is 17.5 Å². The molecule has 4 nitrogen and oxygen atoms in total. The van der Waals surface area contributed by atoms with Crippen molar-refractivity contribution in [3.63, 3.8) is 0 Å². The first-order chi connectivity index (χ1) is 11.1. The molecule has 2 N–H and O–H groups in total. The summed E-state index contributed by atoms with van der Waals surface area (Å²) in [5, 5.41) is 5.51. The normalized spacial score (nSPS) is 10.1. The first-order valence-corrected chi connectivity index (χ1v) is 7.80. The number of amides is 2. The van der Waals surface area contributed by atoms with Crippen LogP contribution in [0.25, 0.3) is 0 Å². The molecule has 120 valence electrons. The molecule has 0 saturated heterocycles. The molecular formula is C19H22N2O2. The quantitative estimate of drug-likeness (QED) is 0.610. The van der Waals surface area contributed by atoms with E-state index in [2.05, 4.69) is 22.8 Å². The van der Waals surface area contributed by atoms with Crippen LogP contribution in [0.4, 0.5) is 5.69 Å². The third-order valence-electron chi connectivity index (χ3n) is 3.43. The lowest BCUT2D eigenvalue weighted by atomic mass is 10.1. The molecule has 4 heteroatoms.